The molecule has 0 unspecified atom stereocenters. The van der Waals surface area contributed by atoms with Crippen LogP contribution in [0.4, 0.5) is 8.78 Å². The Morgan fingerprint density at radius 1 is 1.27 bits per heavy atom. The molecule has 2 rings (SSSR count). The lowest BCUT2D eigenvalue weighted by Gasteiger charge is -2.34. The largest absolute Gasteiger partial charge is 0.383 e. The average Bonchev–Trinajstić information content (AvgIpc) is 2.64. The number of carbonyl (C=O) groups is 2. The van der Waals surface area contributed by atoms with E-state index in [1.165, 1.54) is 12.0 Å². The van der Waals surface area contributed by atoms with Gasteiger partial charge in [-0.2, -0.15) is 0 Å². The maximum absolute atomic E-state index is 12.7. The third kappa shape index (κ3) is 5.74. The van der Waals surface area contributed by atoms with Gasteiger partial charge in [-0.25, -0.2) is 8.78 Å². The zero-order valence-electron chi connectivity index (χ0n) is 14.7. The molecule has 2 amide bonds. The fraction of sp³-hybridized carbons (Fsp3) is 0.556. The molecule has 0 spiro atoms. The van der Waals surface area contributed by atoms with Crippen LogP contribution < -0.4 is 0 Å². The van der Waals surface area contributed by atoms with Crippen LogP contribution in [0.2, 0.25) is 0 Å². The molecular weight excluding hydrogens is 410 g/mol. The van der Waals surface area contributed by atoms with Gasteiger partial charge in [0.05, 0.1) is 13.2 Å². The molecule has 1 aromatic rings. The number of benzene rings is 1. The highest BCUT2D eigenvalue weighted by Crippen LogP contribution is 2.22. The van der Waals surface area contributed by atoms with Crippen molar-refractivity contribution in [2.24, 2.45) is 5.92 Å². The number of ether oxygens (including phenoxy) is 1. The van der Waals surface area contributed by atoms with Crippen LogP contribution in [0.25, 0.3) is 0 Å². The molecule has 0 atom stereocenters. The Hall–Kier alpha value is -1.54. The molecule has 1 aromatic carbocycles. The van der Waals surface area contributed by atoms with E-state index in [1.807, 2.05) is 12.1 Å². The number of methoxy groups -OCH3 is 1. The Bertz CT molecular complexity index is 605. The standard InChI is InChI=1S/C18H23BrF2N2O3/c1-26-11-10-23(12-16(20)21)18(25)14-6-8-22(9-7-14)17(24)13-2-4-15(19)5-3-13/h2-5,14,16H,6-12H2,1H3. The lowest BCUT2D eigenvalue weighted by Crippen LogP contribution is -2.46. The minimum absolute atomic E-state index is 0.0766. The van der Waals surface area contributed by atoms with Crippen LogP contribution in [-0.2, 0) is 9.53 Å². The van der Waals surface area contributed by atoms with E-state index in [0.717, 1.165) is 4.47 Å². The van der Waals surface area contributed by atoms with Crippen molar-refractivity contribution in [1.82, 2.24) is 9.80 Å². The highest BCUT2D eigenvalue weighted by atomic mass is 79.9. The van der Waals surface area contributed by atoms with Gasteiger partial charge in [-0.1, -0.05) is 15.9 Å². The van der Waals surface area contributed by atoms with Crippen LogP contribution in [0.1, 0.15) is 23.2 Å². The summed E-state index contributed by atoms with van der Waals surface area (Å²) in [6.07, 6.45) is -1.61. The zero-order valence-corrected chi connectivity index (χ0v) is 16.3. The van der Waals surface area contributed by atoms with E-state index in [1.54, 1.807) is 17.0 Å². The van der Waals surface area contributed by atoms with Crippen LogP contribution in [0.15, 0.2) is 28.7 Å². The van der Waals surface area contributed by atoms with Gasteiger partial charge >= 0.3 is 0 Å². The summed E-state index contributed by atoms with van der Waals surface area (Å²) in [6.45, 7) is 0.674. The molecular formula is C18H23BrF2N2O3. The Morgan fingerprint density at radius 2 is 1.88 bits per heavy atom. The van der Waals surface area contributed by atoms with Crippen molar-refractivity contribution in [2.45, 2.75) is 19.3 Å². The minimum atomic E-state index is -2.57. The molecule has 1 saturated heterocycles. The van der Waals surface area contributed by atoms with Gasteiger partial charge in [-0.05, 0) is 37.1 Å². The number of hydrogen-bond acceptors (Lipinski definition) is 3. The monoisotopic (exact) mass is 432 g/mol. The number of amides is 2. The number of rotatable bonds is 7. The fourth-order valence-electron chi connectivity index (χ4n) is 3.02. The zero-order chi connectivity index (χ0) is 19.1. The Morgan fingerprint density at radius 3 is 2.42 bits per heavy atom. The highest BCUT2D eigenvalue weighted by Gasteiger charge is 2.31. The second kappa shape index (κ2) is 9.97. The van der Waals surface area contributed by atoms with Crippen LogP contribution in [0, 0.1) is 5.92 Å². The summed E-state index contributed by atoms with van der Waals surface area (Å²) in [5.74, 6) is -0.690. The second-order valence-electron chi connectivity index (χ2n) is 6.24. The first kappa shape index (κ1) is 20.8. The highest BCUT2D eigenvalue weighted by molar-refractivity contribution is 9.10. The number of halogens is 3. The fourth-order valence-corrected chi connectivity index (χ4v) is 3.29. The molecule has 1 fully saturated rings. The minimum Gasteiger partial charge on any atom is -0.383 e. The van der Waals surface area contributed by atoms with Crippen LogP contribution >= 0.6 is 15.9 Å². The molecule has 1 heterocycles. The molecule has 1 aliphatic rings. The molecule has 144 valence electrons. The van der Waals surface area contributed by atoms with Crippen molar-refractivity contribution >= 4 is 27.7 Å². The lowest BCUT2D eigenvalue weighted by molar-refractivity contribution is -0.139. The number of nitrogens with zero attached hydrogens (tertiary/aromatic N) is 2. The van der Waals surface area contributed by atoms with Gasteiger partial charge in [0.2, 0.25) is 5.91 Å². The van der Waals surface area contributed by atoms with Crippen molar-refractivity contribution in [3.05, 3.63) is 34.3 Å². The molecule has 5 nitrogen and oxygen atoms in total. The van der Waals surface area contributed by atoms with Crippen LogP contribution in [-0.4, -0.2) is 67.9 Å². The van der Waals surface area contributed by atoms with Gasteiger partial charge in [0.25, 0.3) is 12.3 Å². The number of carbonyl (C=O) groups excluding carboxylic acids is 2. The quantitative estimate of drug-likeness (QED) is 0.665. The Balaban J connectivity index is 1.92. The normalized spacial score (nSPS) is 15.3. The maximum atomic E-state index is 12.7. The molecule has 0 saturated carbocycles. The summed E-state index contributed by atoms with van der Waals surface area (Å²) >= 11 is 3.33. The van der Waals surface area contributed by atoms with Gasteiger partial charge in [-0.3, -0.25) is 9.59 Å². The molecule has 0 aromatic heterocycles. The molecule has 0 bridgehead atoms. The molecule has 26 heavy (non-hydrogen) atoms. The molecule has 1 aliphatic heterocycles. The van der Waals surface area contributed by atoms with Crippen molar-refractivity contribution < 1.29 is 23.1 Å². The van der Waals surface area contributed by atoms with Gasteiger partial charge in [0.15, 0.2) is 0 Å². The third-order valence-electron chi connectivity index (χ3n) is 4.46. The summed E-state index contributed by atoms with van der Waals surface area (Å²) in [6, 6.07) is 7.11. The van der Waals surface area contributed by atoms with Crippen molar-refractivity contribution in [1.29, 1.82) is 0 Å². The summed E-state index contributed by atoms with van der Waals surface area (Å²) in [5, 5.41) is 0. The van der Waals surface area contributed by atoms with E-state index >= 15 is 0 Å². The third-order valence-corrected chi connectivity index (χ3v) is 4.99. The van der Waals surface area contributed by atoms with Crippen LogP contribution in [0.5, 0.6) is 0 Å². The van der Waals surface area contributed by atoms with Crippen LogP contribution in [0.3, 0.4) is 0 Å². The Labute approximate surface area is 160 Å². The van der Waals surface area contributed by atoms with Crippen molar-refractivity contribution in [3.63, 3.8) is 0 Å². The first-order chi connectivity index (χ1) is 12.4. The van der Waals surface area contributed by atoms with E-state index in [0.29, 0.717) is 31.5 Å². The van der Waals surface area contributed by atoms with Crippen molar-refractivity contribution in [2.75, 3.05) is 39.9 Å². The number of likely N-dealkylation sites (tertiary alicyclic amines) is 1. The van der Waals surface area contributed by atoms with E-state index in [9.17, 15) is 18.4 Å². The van der Waals surface area contributed by atoms with E-state index in [-0.39, 0.29) is 30.9 Å². The molecule has 0 aliphatic carbocycles. The molecule has 8 heteroatoms. The number of hydrogen-bond donors (Lipinski definition) is 0. The van der Waals surface area contributed by atoms with E-state index in [2.05, 4.69) is 15.9 Å². The summed E-state index contributed by atoms with van der Waals surface area (Å²) in [5.41, 5.74) is 0.595. The van der Waals surface area contributed by atoms with Gasteiger partial charge < -0.3 is 14.5 Å². The van der Waals surface area contributed by atoms with Gasteiger partial charge in [0, 0.05) is 42.7 Å². The first-order valence-electron chi connectivity index (χ1n) is 8.53. The first-order valence-corrected chi connectivity index (χ1v) is 9.32. The maximum Gasteiger partial charge on any atom is 0.255 e. The van der Waals surface area contributed by atoms with E-state index in [4.69, 9.17) is 4.74 Å². The predicted octanol–water partition coefficient (Wildman–Crippen LogP) is 3.04. The summed E-state index contributed by atoms with van der Waals surface area (Å²) in [7, 11) is 1.47. The number of alkyl halides is 2. The van der Waals surface area contributed by atoms with Gasteiger partial charge in [0.1, 0.15) is 0 Å². The number of piperidine rings is 1. The average molecular weight is 433 g/mol. The lowest BCUT2D eigenvalue weighted by atomic mass is 9.94. The molecule has 0 N–H and O–H groups in total. The summed E-state index contributed by atoms with van der Waals surface area (Å²) in [4.78, 5) is 27.9. The van der Waals surface area contributed by atoms with Gasteiger partial charge in [-0.15, -0.1) is 0 Å². The molecule has 0 radical (unpaired) electrons. The second-order valence-corrected chi connectivity index (χ2v) is 7.16. The smallest absolute Gasteiger partial charge is 0.255 e. The summed E-state index contributed by atoms with van der Waals surface area (Å²) < 4.78 is 31.3. The van der Waals surface area contributed by atoms with Crippen molar-refractivity contribution in [3.8, 4) is 0 Å². The SMILES string of the molecule is COCCN(CC(F)F)C(=O)C1CCN(C(=O)c2ccc(Br)cc2)CC1. The van der Waals surface area contributed by atoms with E-state index < -0.39 is 13.0 Å². The topological polar surface area (TPSA) is 49.9 Å². The predicted molar refractivity (Wildman–Crippen MR) is 97.2 cm³/mol. The Kier molecular flexibility index (Phi) is 7.96.